The Morgan fingerprint density at radius 3 is 2.53 bits per heavy atom. The second kappa shape index (κ2) is 4.82. The summed E-state index contributed by atoms with van der Waals surface area (Å²) in [6, 6.07) is 1.65. The molecule has 0 aliphatic carbocycles. The summed E-state index contributed by atoms with van der Waals surface area (Å²) >= 11 is 5.79. The standard InChI is InChI=1S/C11H17ClN2O2S/c1-11(2,3)17(15,16)5-4-8-6-9(12)7-14-10(8)13/h6-7H,4-5H2,1-3H3,(H2,13,14). The Morgan fingerprint density at radius 2 is 2.00 bits per heavy atom. The van der Waals surface area contributed by atoms with Gasteiger partial charge in [-0.05, 0) is 38.8 Å². The Kier molecular flexibility index (Phi) is 4.04. The topological polar surface area (TPSA) is 73.0 Å². The zero-order valence-electron chi connectivity index (χ0n) is 10.2. The number of hydrogen-bond acceptors (Lipinski definition) is 4. The third kappa shape index (κ3) is 3.57. The Morgan fingerprint density at radius 1 is 1.41 bits per heavy atom. The van der Waals surface area contributed by atoms with Gasteiger partial charge in [0, 0.05) is 6.20 Å². The van der Waals surface area contributed by atoms with E-state index in [2.05, 4.69) is 4.98 Å². The molecule has 0 saturated heterocycles. The fraction of sp³-hybridized carbons (Fsp3) is 0.545. The maximum atomic E-state index is 11.9. The first-order chi connectivity index (χ1) is 7.63. The molecule has 1 aromatic heterocycles. The average Bonchev–Trinajstić information content (AvgIpc) is 2.18. The Labute approximate surface area is 107 Å². The molecule has 0 aromatic carbocycles. The van der Waals surface area contributed by atoms with Crippen molar-refractivity contribution in [3.8, 4) is 0 Å². The minimum atomic E-state index is -3.15. The molecule has 0 saturated carbocycles. The summed E-state index contributed by atoms with van der Waals surface area (Å²) in [6.07, 6.45) is 1.78. The summed E-state index contributed by atoms with van der Waals surface area (Å²) < 4.78 is 23.1. The number of halogens is 1. The second-order valence-electron chi connectivity index (χ2n) is 4.88. The van der Waals surface area contributed by atoms with Crippen molar-refractivity contribution in [2.24, 2.45) is 0 Å². The number of pyridine rings is 1. The summed E-state index contributed by atoms with van der Waals surface area (Å²) in [6.45, 7) is 5.05. The fourth-order valence-corrected chi connectivity index (χ4v) is 2.52. The van der Waals surface area contributed by atoms with Crippen molar-refractivity contribution in [1.82, 2.24) is 4.98 Å². The molecule has 17 heavy (non-hydrogen) atoms. The number of sulfone groups is 1. The van der Waals surface area contributed by atoms with Gasteiger partial charge in [-0.15, -0.1) is 0 Å². The molecule has 0 aliphatic heterocycles. The van der Waals surface area contributed by atoms with E-state index in [1.807, 2.05) is 0 Å². The van der Waals surface area contributed by atoms with E-state index in [0.717, 1.165) is 0 Å². The van der Waals surface area contributed by atoms with Gasteiger partial charge in [0.25, 0.3) is 0 Å². The Hall–Kier alpha value is -0.810. The summed E-state index contributed by atoms with van der Waals surface area (Å²) in [5.41, 5.74) is 6.33. The minimum absolute atomic E-state index is 0.0444. The van der Waals surface area contributed by atoms with Crippen LogP contribution < -0.4 is 5.73 Å². The van der Waals surface area contributed by atoms with E-state index in [-0.39, 0.29) is 5.75 Å². The first kappa shape index (κ1) is 14.3. The van der Waals surface area contributed by atoms with E-state index in [0.29, 0.717) is 22.8 Å². The predicted octanol–water partition coefficient (Wildman–Crippen LogP) is 2.07. The molecule has 0 radical (unpaired) electrons. The van der Waals surface area contributed by atoms with Gasteiger partial charge in [-0.1, -0.05) is 11.6 Å². The second-order valence-corrected chi connectivity index (χ2v) is 8.18. The molecule has 1 rings (SSSR count). The first-order valence-corrected chi connectivity index (χ1v) is 7.29. The Bertz CT molecular complexity index is 507. The highest BCUT2D eigenvalue weighted by Crippen LogP contribution is 2.20. The van der Waals surface area contributed by atoms with Crippen LogP contribution in [-0.4, -0.2) is 23.9 Å². The zero-order valence-corrected chi connectivity index (χ0v) is 11.8. The van der Waals surface area contributed by atoms with Crippen molar-refractivity contribution in [3.63, 3.8) is 0 Å². The van der Waals surface area contributed by atoms with E-state index in [4.69, 9.17) is 17.3 Å². The average molecular weight is 277 g/mol. The molecule has 0 fully saturated rings. The van der Waals surface area contributed by atoms with E-state index >= 15 is 0 Å². The van der Waals surface area contributed by atoms with Crippen molar-refractivity contribution < 1.29 is 8.42 Å². The van der Waals surface area contributed by atoms with Gasteiger partial charge in [0.05, 0.1) is 15.5 Å². The maximum Gasteiger partial charge on any atom is 0.155 e. The molecule has 1 heterocycles. The van der Waals surface area contributed by atoms with Gasteiger partial charge in [0.1, 0.15) is 5.82 Å². The van der Waals surface area contributed by atoms with Crippen molar-refractivity contribution >= 4 is 27.3 Å². The number of aromatic nitrogens is 1. The van der Waals surface area contributed by atoms with Crippen LogP contribution in [0.2, 0.25) is 5.02 Å². The molecule has 2 N–H and O–H groups in total. The van der Waals surface area contributed by atoms with Crippen LogP contribution in [0.15, 0.2) is 12.3 Å². The normalized spacial score (nSPS) is 12.7. The highest BCUT2D eigenvalue weighted by Gasteiger charge is 2.28. The summed E-state index contributed by atoms with van der Waals surface area (Å²) in [5, 5.41) is 0.461. The number of nitrogens with zero attached hydrogens (tertiary/aromatic N) is 1. The molecule has 0 amide bonds. The van der Waals surface area contributed by atoms with Crippen LogP contribution in [0.4, 0.5) is 5.82 Å². The molecule has 6 heteroatoms. The fourth-order valence-electron chi connectivity index (χ4n) is 1.24. The third-order valence-corrected chi connectivity index (χ3v) is 5.36. The largest absolute Gasteiger partial charge is 0.383 e. The lowest BCUT2D eigenvalue weighted by molar-refractivity contribution is 0.559. The van der Waals surface area contributed by atoms with Gasteiger partial charge in [0.15, 0.2) is 9.84 Å². The molecule has 0 bridgehead atoms. The van der Waals surface area contributed by atoms with Crippen molar-refractivity contribution in [1.29, 1.82) is 0 Å². The highest BCUT2D eigenvalue weighted by atomic mass is 35.5. The monoisotopic (exact) mass is 276 g/mol. The van der Waals surface area contributed by atoms with Crippen LogP contribution in [-0.2, 0) is 16.3 Å². The highest BCUT2D eigenvalue weighted by molar-refractivity contribution is 7.92. The molecule has 4 nitrogen and oxygen atoms in total. The lowest BCUT2D eigenvalue weighted by Crippen LogP contribution is -2.31. The number of hydrogen-bond donors (Lipinski definition) is 1. The molecule has 0 unspecified atom stereocenters. The van der Waals surface area contributed by atoms with Crippen LogP contribution >= 0.6 is 11.6 Å². The van der Waals surface area contributed by atoms with Gasteiger partial charge < -0.3 is 5.73 Å². The number of nitrogen functional groups attached to an aromatic ring is 1. The predicted molar refractivity (Wildman–Crippen MR) is 70.9 cm³/mol. The van der Waals surface area contributed by atoms with E-state index in [9.17, 15) is 8.42 Å². The minimum Gasteiger partial charge on any atom is -0.383 e. The summed E-state index contributed by atoms with van der Waals surface area (Å²) in [4.78, 5) is 3.89. The van der Waals surface area contributed by atoms with Crippen molar-refractivity contribution in [2.45, 2.75) is 31.9 Å². The number of anilines is 1. The van der Waals surface area contributed by atoms with Gasteiger partial charge in [-0.2, -0.15) is 0 Å². The third-order valence-electron chi connectivity index (χ3n) is 2.54. The molecule has 0 atom stereocenters. The zero-order chi connectivity index (χ0) is 13.3. The number of nitrogens with two attached hydrogens (primary N) is 1. The van der Waals surface area contributed by atoms with E-state index < -0.39 is 14.6 Å². The molecular weight excluding hydrogens is 260 g/mol. The van der Waals surface area contributed by atoms with Crippen LogP contribution in [0.5, 0.6) is 0 Å². The van der Waals surface area contributed by atoms with E-state index in [1.165, 1.54) is 6.20 Å². The lowest BCUT2D eigenvalue weighted by atomic mass is 10.2. The van der Waals surface area contributed by atoms with Crippen LogP contribution in [0.25, 0.3) is 0 Å². The van der Waals surface area contributed by atoms with Crippen LogP contribution in [0.3, 0.4) is 0 Å². The smallest absolute Gasteiger partial charge is 0.155 e. The van der Waals surface area contributed by atoms with Crippen LogP contribution in [0, 0.1) is 0 Å². The quantitative estimate of drug-likeness (QED) is 0.917. The molecule has 0 aliphatic rings. The first-order valence-electron chi connectivity index (χ1n) is 5.26. The van der Waals surface area contributed by atoms with Crippen molar-refractivity contribution in [3.05, 3.63) is 22.8 Å². The van der Waals surface area contributed by atoms with Crippen LogP contribution in [0.1, 0.15) is 26.3 Å². The molecular formula is C11H17ClN2O2S. The summed E-state index contributed by atoms with van der Waals surface area (Å²) in [5.74, 6) is 0.376. The molecule has 96 valence electrons. The van der Waals surface area contributed by atoms with Gasteiger partial charge in [-0.3, -0.25) is 0 Å². The summed E-state index contributed by atoms with van der Waals surface area (Å²) in [7, 11) is -3.15. The van der Waals surface area contributed by atoms with Gasteiger partial charge in [0.2, 0.25) is 0 Å². The maximum absolute atomic E-state index is 11.9. The Balaban J connectivity index is 2.85. The van der Waals surface area contributed by atoms with Crippen molar-refractivity contribution in [2.75, 3.05) is 11.5 Å². The number of aryl methyl sites for hydroxylation is 1. The number of rotatable bonds is 3. The molecule has 1 aromatic rings. The van der Waals surface area contributed by atoms with Gasteiger partial charge in [-0.25, -0.2) is 13.4 Å². The van der Waals surface area contributed by atoms with Gasteiger partial charge >= 0.3 is 0 Å². The van der Waals surface area contributed by atoms with E-state index in [1.54, 1.807) is 26.8 Å². The lowest BCUT2D eigenvalue weighted by Gasteiger charge is -2.19. The SMILES string of the molecule is CC(C)(C)S(=O)(=O)CCc1cc(Cl)cnc1N. The molecule has 0 spiro atoms.